The number of nitrogens with zero attached hydrogens (tertiary/aromatic N) is 5. The normalized spacial score (nSPS) is 16.5. The number of aryl methyl sites for hydroxylation is 2. The molecule has 1 unspecified atom stereocenters. The molecule has 0 N–H and O–H groups in total. The van der Waals surface area contributed by atoms with Crippen LogP contribution in [0.25, 0.3) is 22.5 Å². The molecule has 9 nitrogen and oxygen atoms in total. The summed E-state index contributed by atoms with van der Waals surface area (Å²) in [6, 6.07) is 3.49. The Balaban J connectivity index is 1.96. The van der Waals surface area contributed by atoms with Gasteiger partial charge in [-0.1, -0.05) is 0 Å². The highest BCUT2D eigenvalue weighted by molar-refractivity contribution is 7.99. The van der Waals surface area contributed by atoms with Crippen molar-refractivity contribution < 1.29 is 8.83 Å². The number of rotatable bonds is 2. The van der Waals surface area contributed by atoms with E-state index >= 15 is 0 Å². The Kier molecular flexibility index (Phi) is 4.04. The van der Waals surface area contributed by atoms with E-state index in [-0.39, 0.29) is 16.4 Å². The summed E-state index contributed by atoms with van der Waals surface area (Å²) in [6.45, 7) is 2.31. The molecule has 1 atom stereocenters. The standard InChI is InChI=1S/C18H16ClN5O4S/c1-8-20-21-16(27-8)13-11-12(22(2)18(26)23(3)17(11)25)14-15(29-7-6-24(13)14)9-4-5-10(19)28-9/h4-5,15H,6-7H2,1-3H3. The number of hydrogen-bond donors (Lipinski definition) is 0. The summed E-state index contributed by atoms with van der Waals surface area (Å²) >= 11 is 7.67. The summed E-state index contributed by atoms with van der Waals surface area (Å²) in [6.07, 6.45) is 0. The fourth-order valence-corrected chi connectivity index (χ4v) is 5.24. The van der Waals surface area contributed by atoms with Crippen molar-refractivity contribution in [3.8, 4) is 11.6 Å². The highest BCUT2D eigenvalue weighted by Gasteiger charge is 2.35. The predicted molar refractivity (Wildman–Crippen MR) is 108 cm³/mol. The van der Waals surface area contributed by atoms with Gasteiger partial charge in [0.05, 0.1) is 16.6 Å². The molecule has 5 rings (SSSR count). The van der Waals surface area contributed by atoms with E-state index in [1.165, 1.54) is 11.6 Å². The van der Waals surface area contributed by atoms with E-state index in [1.807, 2.05) is 10.6 Å². The third-order valence-electron chi connectivity index (χ3n) is 5.13. The fraction of sp³-hybridized carbons (Fsp3) is 0.333. The van der Waals surface area contributed by atoms with Gasteiger partial charge in [0.1, 0.15) is 16.7 Å². The van der Waals surface area contributed by atoms with Gasteiger partial charge < -0.3 is 13.4 Å². The highest BCUT2D eigenvalue weighted by atomic mass is 35.5. The maximum absolute atomic E-state index is 13.2. The van der Waals surface area contributed by atoms with Crippen LogP contribution in [0.5, 0.6) is 0 Å². The molecule has 0 saturated heterocycles. The Morgan fingerprint density at radius 1 is 1.17 bits per heavy atom. The summed E-state index contributed by atoms with van der Waals surface area (Å²) in [5.74, 6) is 2.06. The van der Waals surface area contributed by atoms with Gasteiger partial charge in [-0.25, -0.2) is 4.79 Å². The third-order valence-corrected chi connectivity index (χ3v) is 6.54. The van der Waals surface area contributed by atoms with Crippen molar-refractivity contribution in [2.24, 2.45) is 14.1 Å². The zero-order chi connectivity index (χ0) is 20.4. The van der Waals surface area contributed by atoms with Gasteiger partial charge in [-0.3, -0.25) is 13.9 Å². The van der Waals surface area contributed by atoms with Crippen LogP contribution in [-0.4, -0.2) is 29.7 Å². The Labute approximate surface area is 172 Å². The number of aromatic nitrogens is 5. The van der Waals surface area contributed by atoms with Gasteiger partial charge in [0.15, 0.2) is 5.22 Å². The van der Waals surface area contributed by atoms with Crippen molar-refractivity contribution in [3.63, 3.8) is 0 Å². The molecule has 4 aromatic rings. The van der Waals surface area contributed by atoms with E-state index in [9.17, 15) is 9.59 Å². The monoisotopic (exact) mass is 433 g/mol. The fourth-order valence-electron chi connectivity index (χ4n) is 3.88. The molecule has 0 aliphatic carbocycles. The minimum atomic E-state index is -0.407. The van der Waals surface area contributed by atoms with E-state index < -0.39 is 11.2 Å². The Hall–Kier alpha value is -2.72. The molecule has 0 spiro atoms. The first-order valence-corrected chi connectivity index (χ1v) is 10.3. The first-order valence-electron chi connectivity index (χ1n) is 8.88. The number of hydrogen-bond acceptors (Lipinski definition) is 7. The van der Waals surface area contributed by atoms with Crippen LogP contribution in [0.4, 0.5) is 0 Å². The van der Waals surface area contributed by atoms with Crippen LogP contribution >= 0.6 is 23.4 Å². The van der Waals surface area contributed by atoms with Crippen LogP contribution < -0.4 is 11.2 Å². The van der Waals surface area contributed by atoms with E-state index in [0.29, 0.717) is 34.8 Å². The second-order valence-electron chi connectivity index (χ2n) is 6.83. The SMILES string of the molecule is Cc1nnc(-c2c3c(=O)n(C)c(=O)n(C)c3c3n2CCSC3c2ccc(Cl)o2)o1. The lowest BCUT2D eigenvalue weighted by Crippen LogP contribution is -2.37. The Morgan fingerprint density at radius 2 is 1.97 bits per heavy atom. The molecule has 0 bridgehead atoms. The molecule has 1 aliphatic rings. The minimum absolute atomic E-state index is 0.241. The number of thioether (sulfide) groups is 1. The van der Waals surface area contributed by atoms with Crippen LogP contribution in [0.2, 0.25) is 5.22 Å². The maximum Gasteiger partial charge on any atom is 0.331 e. The van der Waals surface area contributed by atoms with Crippen molar-refractivity contribution in [1.29, 1.82) is 0 Å². The van der Waals surface area contributed by atoms with Crippen molar-refractivity contribution in [3.05, 3.63) is 55.5 Å². The van der Waals surface area contributed by atoms with Gasteiger partial charge in [-0.15, -0.1) is 22.0 Å². The summed E-state index contributed by atoms with van der Waals surface area (Å²) in [5.41, 5.74) is 1.03. The molecule has 0 radical (unpaired) electrons. The van der Waals surface area contributed by atoms with E-state index in [2.05, 4.69) is 10.2 Å². The molecule has 0 aromatic carbocycles. The van der Waals surface area contributed by atoms with Gasteiger partial charge in [0.2, 0.25) is 5.89 Å². The molecular formula is C18H16ClN5O4S. The molecule has 4 aromatic heterocycles. The molecule has 0 saturated carbocycles. The zero-order valence-corrected chi connectivity index (χ0v) is 17.4. The lowest BCUT2D eigenvalue weighted by Gasteiger charge is -2.24. The average molecular weight is 434 g/mol. The summed E-state index contributed by atoms with van der Waals surface area (Å²) in [5, 5.41) is 8.48. The number of fused-ring (bicyclic) bond motifs is 3. The van der Waals surface area contributed by atoms with Gasteiger partial charge in [-0.05, 0) is 23.7 Å². The van der Waals surface area contributed by atoms with E-state index in [4.69, 9.17) is 20.4 Å². The predicted octanol–water partition coefficient (Wildman–Crippen LogP) is 2.48. The van der Waals surface area contributed by atoms with Crippen LogP contribution in [0.1, 0.15) is 22.6 Å². The lowest BCUT2D eigenvalue weighted by atomic mass is 10.2. The maximum atomic E-state index is 13.2. The quantitative estimate of drug-likeness (QED) is 0.478. The van der Waals surface area contributed by atoms with Gasteiger partial charge >= 0.3 is 5.69 Å². The van der Waals surface area contributed by atoms with Crippen molar-refractivity contribution >= 4 is 34.3 Å². The molecule has 5 heterocycles. The first kappa shape index (κ1) is 18.3. The van der Waals surface area contributed by atoms with Crippen LogP contribution in [-0.2, 0) is 20.6 Å². The second kappa shape index (κ2) is 6.39. The van der Waals surface area contributed by atoms with Crippen LogP contribution in [0.15, 0.2) is 30.6 Å². The van der Waals surface area contributed by atoms with Crippen molar-refractivity contribution in [2.45, 2.75) is 18.7 Å². The molecule has 150 valence electrons. The average Bonchev–Trinajstić information content (AvgIpc) is 3.41. The molecule has 0 fully saturated rings. The van der Waals surface area contributed by atoms with Gasteiger partial charge in [0.25, 0.3) is 11.4 Å². The largest absolute Gasteiger partial charge is 0.448 e. The zero-order valence-electron chi connectivity index (χ0n) is 15.8. The Morgan fingerprint density at radius 3 is 2.62 bits per heavy atom. The smallest absolute Gasteiger partial charge is 0.331 e. The van der Waals surface area contributed by atoms with Crippen molar-refractivity contribution in [1.82, 2.24) is 23.9 Å². The van der Waals surface area contributed by atoms with Crippen molar-refractivity contribution in [2.75, 3.05) is 5.75 Å². The molecular weight excluding hydrogens is 418 g/mol. The Bertz CT molecular complexity index is 1390. The minimum Gasteiger partial charge on any atom is -0.448 e. The molecule has 1 aliphatic heterocycles. The molecule has 0 amide bonds. The third kappa shape index (κ3) is 2.55. The summed E-state index contributed by atoms with van der Waals surface area (Å²) in [4.78, 5) is 25.9. The lowest BCUT2D eigenvalue weighted by molar-refractivity contribution is 0.507. The second-order valence-corrected chi connectivity index (χ2v) is 8.42. The summed E-state index contributed by atoms with van der Waals surface area (Å²) in [7, 11) is 3.11. The summed E-state index contributed by atoms with van der Waals surface area (Å²) < 4.78 is 15.9. The van der Waals surface area contributed by atoms with Gasteiger partial charge in [0, 0.05) is 33.3 Å². The molecule has 11 heteroatoms. The molecule has 29 heavy (non-hydrogen) atoms. The topological polar surface area (TPSA) is 101 Å². The van der Waals surface area contributed by atoms with Crippen LogP contribution in [0, 0.1) is 6.92 Å². The van der Waals surface area contributed by atoms with Crippen LogP contribution in [0.3, 0.4) is 0 Å². The highest BCUT2D eigenvalue weighted by Crippen LogP contribution is 2.46. The van der Waals surface area contributed by atoms with E-state index in [0.717, 1.165) is 16.0 Å². The number of halogens is 1. The van der Waals surface area contributed by atoms with E-state index in [1.54, 1.807) is 31.8 Å². The van der Waals surface area contributed by atoms with Gasteiger partial charge in [-0.2, -0.15) is 0 Å². The number of furan rings is 1. The first-order chi connectivity index (χ1) is 13.9.